The van der Waals surface area contributed by atoms with E-state index in [0.29, 0.717) is 5.56 Å². The zero-order valence-corrected chi connectivity index (χ0v) is 15.0. The van der Waals surface area contributed by atoms with Gasteiger partial charge in [-0.15, -0.1) is 0 Å². The van der Waals surface area contributed by atoms with Crippen molar-refractivity contribution in [3.05, 3.63) is 78.4 Å². The Hall–Kier alpha value is -2.80. The second-order valence-electron chi connectivity index (χ2n) is 5.89. The van der Waals surface area contributed by atoms with Gasteiger partial charge in [0.15, 0.2) is 5.75 Å². The van der Waals surface area contributed by atoms with Crippen molar-refractivity contribution in [2.24, 2.45) is 0 Å². The van der Waals surface area contributed by atoms with E-state index >= 15 is 0 Å². The molecule has 0 aliphatic rings. The molecule has 140 valence electrons. The fraction of sp³-hybridized carbons (Fsp3) is 0.100. The molecular formula is C20H15F3O3S. The van der Waals surface area contributed by atoms with Crippen molar-refractivity contribution in [1.82, 2.24) is 0 Å². The van der Waals surface area contributed by atoms with E-state index in [1.807, 2.05) is 37.3 Å². The van der Waals surface area contributed by atoms with Crippen LogP contribution in [0.25, 0.3) is 22.3 Å². The van der Waals surface area contributed by atoms with Gasteiger partial charge in [0.2, 0.25) is 0 Å². The second-order valence-corrected chi connectivity index (χ2v) is 7.43. The third kappa shape index (κ3) is 3.98. The predicted molar refractivity (Wildman–Crippen MR) is 97.7 cm³/mol. The highest BCUT2D eigenvalue weighted by Crippen LogP contribution is 2.39. The average molecular weight is 392 g/mol. The van der Waals surface area contributed by atoms with Crippen LogP contribution in [0.3, 0.4) is 0 Å². The number of hydrogen-bond acceptors (Lipinski definition) is 3. The van der Waals surface area contributed by atoms with Gasteiger partial charge in [-0.05, 0) is 29.7 Å². The smallest absolute Gasteiger partial charge is 0.375 e. The molecule has 0 aliphatic carbocycles. The van der Waals surface area contributed by atoms with Crippen molar-refractivity contribution < 1.29 is 25.8 Å². The molecule has 0 unspecified atom stereocenters. The van der Waals surface area contributed by atoms with Gasteiger partial charge in [0.05, 0.1) is 0 Å². The van der Waals surface area contributed by atoms with Crippen LogP contribution in [-0.2, 0) is 10.1 Å². The maximum atomic E-state index is 12.7. The highest BCUT2D eigenvalue weighted by atomic mass is 32.2. The maximum absolute atomic E-state index is 12.7. The van der Waals surface area contributed by atoms with Gasteiger partial charge in [0.25, 0.3) is 0 Å². The third-order valence-electron chi connectivity index (χ3n) is 3.95. The first-order chi connectivity index (χ1) is 12.7. The molecule has 0 aliphatic heterocycles. The summed E-state index contributed by atoms with van der Waals surface area (Å²) in [6.45, 7) is 1.95. The quantitative estimate of drug-likeness (QED) is 0.431. The lowest BCUT2D eigenvalue weighted by molar-refractivity contribution is -0.0499. The standard InChI is InChI=1S/C20H15F3O3S/c1-14-10-12-15(13-11-14)16-6-2-3-7-17(16)18-8-4-5-9-19(18)26-27(24,25)20(21,22)23/h2-13H,1H3. The molecule has 0 heterocycles. The Morgan fingerprint density at radius 1 is 0.741 bits per heavy atom. The molecule has 0 fully saturated rings. The van der Waals surface area contributed by atoms with E-state index in [4.69, 9.17) is 0 Å². The van der Waals surface area contributed by atoms with Crippen LogP contribution < -0.4 is 4.18 Å². The molecule has 0 N–H and O–H groups in total. The molecular weight excluding hydrogens is 377 g/mol. The third-order valence-corrected chi connectivity index (χ3v) is 4.92. The molecule has 0 bridgehead atoms. The summed E-state index contributed by atoms with van der Waals surface area (Å²) in [4.78, 5) is 0. The van der Waals surface area contributed by atoms with Crippen LogP contribution in [0.4, 0.5) is 13.2 Å². The highest BCUT2D eigenvalue weighted by molar-refractivity contribution is 7.88. The lowest BCUT2D eigenvalue weighted by Crippen LogP contribution is -2.28. The number of benzene rings is 3. The number of halogens is 3. The van der Waals surface area contributed by atoms with Crippen molar-refractivity contribution in [1.29, 1.82) is 0 Å². The average Bonchev–Trinajstić information content (AvgIpc) is 2.62. The molecule has 0 amide bonds. The minimum absolute atomic E-state index is 0.251. The molecule has 0 atom stereocenters. The molecule has 0 radical (unpaired) electrons. The Balaban J connectivity index is 2.13. The molecule has 3 rings (SSSR count). The molecule has 3 aromatic carbocycles. The normalized spacial score (nSPS) is 12.0. The van der Waals surface area contributed by atoms with E-state index < -0.39 is 15.6 Å². The molecule has 7 heteroatoms. The Morgan fingerprint density at radius 3 is 1.85 bits per heavy atom. The van der Waals surface area contributed by atoms with E-state index in [9.17, 15) is 21.6 Å². The number of para-hydroxylation sites is 1. The van der Waals surface area contributed by atoms with Crippen molar-refractivity contribution in [2.45, 2.75) is 12.4 Å². The van der Waals surface area contributed by atoms with Crippen molar-refractivity contribution in [2.75, 3.05) is 0 Å². The zero-order chi connectivity index (χ0) is 19.7. The molecule has 0 spiro atoms. The SMILES string of the molecule is Cc1ccc(-c2ccccc2-c2ccccc2OS(=O)(=O)C(F)(F)F)cc1. The first kappa shape index (κ1) is 19.0. The van der Waals surface area contributed by atoms with Gasteiger partial charge < -0.3 is 4.18 Å². The van der Waals surface area contributed by atoms with Gasteiger partial charge in [-0.1, -0.05) is 72.3 Å². The Bertz CT molecular complexity index is 1060. The Kier molecular flexibility index (Phi) is 4.97. The van der Waals surface area contributed by atoms with Gasteiger partial charge >= 0.3 is 15.6 Å². The summed E-state index contributed by atoms with van der Waals surface area (Å²) < 4.78 is 65.5. The van der Waals surface area contributed by atoms with Gasteiger partial charge in [-0.2, -0.15) is 21.6 Å². The lowest BCUT2D eigenvalue weighted by atomic mass is 9.94. The summed E-state index contributed by atoms with van der Waals surface area (Å²) in [5.74, 6) is -0.380. The molecule has 3 aromatic rings. The number of hydrogen-bond donors (Lipinski definition) is 0. The largest absolute Gasteiger partial charge is 0.534 e. The van der Waals surface area contributed by atoms with E-state index in [0.717, 1.165) is 16.7 Å². The fourth-order valence-corrected chi connectivity index (χ4v) is 3.11. The van der Waals surface area contributed by atoms with Crippen LogP contribution in [0.5, 0.6) is 5.75 Å². The van der Waals surface area contributed by atoms with E-state index in [1.54, 1.807) is 24.3 Å². The fourth-order valence-electron chi connectivity index (χ4n) is 2.63. The summed E-state index contributed by atoms with van der Waals surface area (Å²) in [5.41, 5.74) is -2.02. The predicted octanol–water partition coefficient (Wildman–Crippen LogP) is 5.56. The van der Waals surface area contributed by atoms with Crippen molar-refractivity contribution in [3.8, 4) is 28.0 Å². The second kappa shape index (κ2) is 7.08. The van der Waals surface area contributed by atoms with Gasteiger partial charge in [-0.3, -0.25) is 0 Å². The number of rotatable bonds is 4. The molecule has 0 aromatic heterocycles. The summed E-state index contributed by atoms with van der Waals surface area (Å²) in [5, 5.41) is 0. The number of aryl methyl sites for hydroxylation is 1. The van der Waals surface area contributed by atoms with Crippen LogP contribution in [0.2, 0.25) is 0 Å². The van der Waals surface area contributed by atoms with E-state index in [-0.39, 0.29) is 11.3 Å². The van der Waals surface area contributed by atoms with Crippen LogP contribution >= 0.6 is 0 Å². The summed E-state index contributed by atoms with van der Waals surface area (Å²) in [6.07, 6.45) is 0. The van der Waals surface area contributed by atoms with Crippen LogP contribution in [-0.4, -0.2) is 13.9 Å². The minimum Gasteiger partial charge on any atom is -0.375 e. The van der Waals surface area contributed by atoms with Crippen LogP contribution in [0.1, 0.15) is 5.56 Å². The zero-order valence-electron chi connectivity index (χ0n) is 14.2. The van der Waals surface area contributed by atoms with Crippen molar-refractivity contribution in [3.63, 3.8) is 0 Å². The molecule has 27 heavy (non-hydrogen) atoms. The van der Waals surface area contributed by atoms with Crippen molar-refractivity contribution >= 4 is 10.1 Å². The minimum atomic E-state index is -5.76. The molecule has 3 nitrogen and oxygen atoms in total. The van der Waals surface area contributed by atoms with Gasteiger partial charge in [0, 0.05) is 5.56 Å². The van der Waals surface area contributed by atoms with Gasteiger partial charge in [-0.25, -0.2) is 0 Å². The monoisotopic (exact) mass is 392 g/mol. The van der Waals surface area contributed by atoms with E-state index in [1.165, 1.54) is 18.2 Å². The van der Waals surface area contributed by atoms with E-state index in [2.05, 4.69) is 4.18 Å². The Morgan fingerprint density at radius 2 is 1.26 bits per heavy atom. The van der Waals surface area contributed by atoms with Crippen LogP contribution in [0, 0.1) is 6.92 Å². The molecule has 0 saturated heterocycles. The topological polar surface area (TPSA) is 43.4 Å². The summed E-state index contributed by atoms with van der Waals surface area (Å²) >= 11 is 0. The van der Waals surface area contributed by atoms with Gasteiger partial charge in [0.1, 0.15) is 0 Å². The highest BCUT2D eigenvalue weighted by Gasteiger charge is 2.48. The molecule has 0 saturated carbocycles. The summed E-state index contributed by atoms with van der Waals surface area (Å²) in [6, 6.07) is 20.4. The lowest BCUT2D eigenvalue weighted by Gasteiger charge is -2.15. The first-order valence-corrected chi connectivity index (χ1v) is 9.36. The Labute approximate surface area is 155 Å². The summed E-state index contributed by atoms with van der Waals surface area (Å²) in [7, 11) is -5.76. The maximum Gasteiger partial charge on any atom is 0.534 e. The first-order valence-electron chi connectivity index (χ1n) is 7.95. The number of alkyl halides is 3. The van der Waals surface area contributed by atoms with Crippen LogP contribution in [0.15, 0.2) is 72.8 Å².